The number of carbonyl (C=O) groups is 1. The van der Waals surface area contributed by atoms with E-state index in [9.17, 15) is 22.4 Å². The predicted molar refractivity (Wildman–Crippen MR) is 59.2 cm³/mol. The van der Waals surface area contributed by atoms with Crippen LogP contribution < -0.4 is 0 Å². The molecule has 0 aliphatic heterocycles. The molecule has 0 aliphatic carbocycles. The van der Waals surface area contributed by atoms with Crippen molar-refractivity contribution in [3.05, 3.63) is 35.3 Å². The van der Waals surface area contributed by atoms with Crippen molar-refractivity contribution in [2.75, 3.05) is 0 Å². The third-order valence-electron chi connectivity index (χ3n) is 2.76. The molecule has 102 valence electrons. The fourth-order valence-electron chi connectivity index (χ4n) is 1.97. The lowest BCUT2D eigenvalue weighted by Gasteiger charge is -2.07. The highest BCUT2D eigenvalue weighted by Gasteiger charge is 2.36. The lowest BCUT2D eigenvalue weighted by molar-refractivity contribution is -0.142. The number of alkyl halides is 3. The number of para-hydroxylation sites is 1. The lowest BCUT2D eigenvalue weighted by Crippen LogP contribution is -2.10. The van der Waals surface area contributed by atoms with Gasteiger partial charge in [0.1, 0.15) is 11.5 Å². The van der Waals surface area contributed by atoms with Crippen LogP contribution in [0.2, 0.25) is 0 Å². The summed E-state index contributed by atoms with van der Waals surface area (Å²) in [6.45, 7) is 0. The van der Waals surface area contributed by atoms with Crippen molar-refractivity contribution in [3.63, 3.8) is 0 Å². The number of carboxylic acids is 1. The summed E-state index contributed by atoms with van der Waals surface area (Å²) in [6, 6.07) is 3.66. The summed E-state index contributed by atoms with van der Waals surface area (Å²) >= 11 is 0. The van der Waals surface area contributed by atoms with Gasteiger partial charge in [0.2, 0.25) is 0 Å². The van der Waals surface area contributed by atoms with Crippen LogP contribution in [0.5, 0.6) is 0 Å². The molecule has 0 unspecified atom stereocenters. The highest BCUT2D eigenvalue weighted by molar-refractivity contribution is 5.86. The lowest BCUT2D eigenvalue weighted by atomic mass is 10.1. The topological polar surface area (TPSA) is 53.1 Å². The molecule has 0 amide bonds. The van der Waals surface area contributed by atoms with E-state index < -0.39 is 30.1 Å². The van der Waals surface area contributed by atoms with E-state index in [-0.39, 0.29) is 22.9 Å². The molecule has 1 aromatic carbocycles. The van der Waals surface area contributed by atoms with Crippen molar-refractivity contribution in [2.45, 2.75) is 19.0 Å². The van der Waals surface area contributed by atoms with Crippen molar-refractivity contribution in [3.8, 4) is 0 Å². The van der Waals surface area contributed by atoms with Gasteiger partial charge in [-0.25, -0.2) is 4.39 Å². The normalized spacial score (nSPS) is 12.0. The van der Waals surface area contributed by atoms with Gasteiger partial charge in [0.15, 0.2) is 0 Å². The standard InChI is InChI=1S/C12H9F4NO2/c13-8-3-1-2-6-7(4-5-9(18)19)11(12(14,15)16)17-10(6)8/h1-3,17H,4-5H2,(H,18,19). The Kier molecular flexibility index (Phi) is 3.21. The molecular formula is C12H9F4NO2. The van der Waals surface area contributed by atoms with Crippen LogP contribution in [0.4, 0.5) is 17.6 Å². The van der Waals surface area contributed by atoms with Gasteiger partial charge >= 0.3 is 12.1 Å². The number of rotatable bonds is 3. The molecule has 0 spiro atoms. The first-order valence-corrected chi connectivity index (χ1v) is 5.38. The zero-order chi connectivity index (χ0) is 14.2. The Morgan fingerprint density at radius 1 is 1.32 bits per heavy atom. The maximum Gasteiger partial charge on any atom is 0.431 e. The molecule has 3 nitrogen and oxygen atoms in total. The van der Waals surface area contributed by atoms with Gasteiger partial charge < -0.3 is 10.1 Å². The first-order valence-electron chi connectivity index (χ1n) is 5.38. The number of H-pyrrole nitrogens is 1. The molecule has 0 saturated heterocycles. The summed E-state index contributed by atoms with van der Waals surface area (Å²) in [5.41, 5.74) is -1.56. The van der Waals surface area contributed by atoms with Crippen LogP contribution in [0.15, 0.2) is 18.2 Å². The van der Waals surface area contributed by atoms with Crippen LogP contribution >= 0.6 is 0 Å². The quantitative estimate of drug-likeness (QED) is 0.844. The maximum atomic E-state index is 13.5. The number of nitrogens with one attached hydrogen (secondary N) is 1. The number of aliphatic carboxylic acids is 1. The molecule has 0 bridgehead atoms. The van der Waals surface area contributed by atoms with Crippen molar-refractivity contribution in [1.82, 2.24) is 4.98 Å². The molecule has 2 aromatic rings. The Hall–Kier alpha value is -2.05. The summed E-state index contributed by atoms with van der Waals surface area (Å²) in [6.07, 6.45) is -5.44. The minimum absolute atomic E-state index is 0.0635. The molecule has 0 atom stereocenters. The van der Waals surface area contributed by atoms with Crippen LogP contribution in [-0.4, -0.2) is 16.1 Å². The average Bonchev–Trinajstić information content (AvgIpc) is 2.66. The number of aryl methyl sites for hydroxylation is 1. The molecule has 0 fully saturated rings. The first kappa shape index (κ1) is 13.4. The van der Waals surface area contributed by atoms with E-state index in [1.165, 1.54) is 12.1 Å². The van der Waals surface area contributed by atoms with Crippen molar-refractivity contribution < 1.29 is 27.5 Å². The molecule has 0 saturated carbocycles. The second-order valence-corrected chi connectivity index (χ2v) is 4.03. The number of benzene rings is 1. The van der Waals surface area contributed by atoms with E-state index in [1.807, 2.05) is 4.98 Å². The van der Waals surface area contributed by atoms with Gasteiger partial charge in [-0.1, -0.05) is 12.1 Å². The van der Waals surface area contributed by atoms with Crippen LogP contribution in [0.1, 0.15) is 17.7 Å². The van der Waals surface area contributed by atoms with E-state index in [1.54, 1.807) is 0 Å². The molecule has 19 heavy (non-hydrogen) atoms. The smallest absolute Gasteiger partial charge is 0.431 e. The number of hydrogen-bond donors (Lipinski definition) is 2. The summed E-state index contributed by atoms with van der Waals surface area (Å²) < 4.78 is 52.0. The van der Waals surface area contributed by atoms with E-state index in [2.05, 4.69) is 0 Å². The van der Waals surface area contributed by atoms with E-state index in [0.29, 0.717) is 0 Å². The van der Waals surface area contributed by atoms with Gasteiger partial charge in [-0.2, -0.15) is 13.2 Å². The molecule has 0 radical (unpaired) electrons. The van der Waals surface area contributed by atoms with E-state index >= 15 is 0 Å². The third kappa shape index (κ3) is 2.54. The Morgan fingerprint density at radius 2 is 2.00 bits per heavy atom. The van der Waals surface area contributed by atoms with Gasteiger partial charge in [0.05, 0.1) is 5.52 Å². The fourth-order valence-corrected chi connectivity index (χ4v) is 1.97. The van der Waals surface area contributed by atoms with Crippen molar-refractivity contribution in [2.24, 2.45) is 0 Å². The van der Waals surface area contributed by atoms with Crippen LogP contribution in [0.3, 0.4) is 0 Å². The van der Waals surface area contributed by atoms with Crippen LogP contribution in [-0.2, 0) is 17.4 Å². The van der Waals surface area contributed by atoms with Crippen molar-refractivity contribution >= 4 is 16.9 Å². The monoisotopic (exact) mass is 275 g/mol. The molecule has 0 aliphatic rings. The fraction of sp³-hybridized carbons (Fsp3) is 0.250. The maximum absolute atomic E-state index is 13.5. The molecule has 1 aromatic heterocycles. The number of hydrogen-bond acceptors (Lipinski definition) is 1. The average molecular weight is 275 g/mol. The number of carboxylic acid groups (broad SMARTS) is 1. The van der Waals surface area contributed by atoms with Crippen molar-refractivity contribution in [1.29, 1.82) is 0 Å². The second-order valence-electron chi connectivity index (χ2n) is 4.03. The minimum atomic E-state index is -4.68. The van der Waals surface area contributed by atoms with Gasteiger partial charge in [0.25, 0.3) is 0 Å². The number of halogens is 4. The van der Waals surface area contributed by atoms with Gasteiger partial charge in [-0.15, -0.1) is 0 Å². The Balaban J connectivity index is 2.62. The minimum Gasteiger partial charge on any atom is -0.481 e. The van der Waals surface area contributed by atoms with Gasteiger partial charge in [-0.05, 0) is 18.1 Å². The highest BCUT2D eigenvalue weighted by Crippen LogP contribution is 2.36. The Labute approximate surface area is 104 Å². The number of fused-ring (bicyclic) bond motifs is 1. The third-order valence-corrected chi connectivity index (χ3v) is 2.76. The molecular weight excluding hydrogens is 266 g/mol. The number of aromatic amines is 1. The summed E-state index contributed by atoms with van der Waals surface area (Å²) in [4.78, 5) is 12.5. The highest BCUT2D eigenvalue weighted by atomic mass is 19.4. The first-order chi connectivity index (χ1) is 8.80. The van der Waals surface area contributed by atoms with E-state index in [0.717, 1.165) is 6.07 Å². The summed E-state index contributed by atoms with van der Waals surface area (Å²) in [7, 11) is 0. The number of aromatic nitrogens is 1. The predicted octanol–water partition coefficient (Wildman–Crippen LogP) is 3.34. The molecule has 7 heteroatoms. The Morgan fingerprint density at radius 3 is 2.58 bits per heavy atom. The second kappa shape index (κ2) is 4.56. The van der Waals surface area contributed by atoms with Crippen LogP contribution in [0.25, 0.3) is 10.9 Å². The zero-order valence-electron chi connectivity index (χ0n) is 9.51. The summed E-state index contributed by atoms with van der Waals surface area (Å²) in [5.74, 6) is -2.01. The SMILES string of the molecule is O=C(O)CCc1c(C(F)(F)F)[nH]c2c(F)cccc12. The molecule has 2 N–H and O–H groups in total. The van der Waals surface area contributed by atoms with Crippen LogP contribution in [0, 0.1) is 5.82 Å². The Bertz CT molecular complexity index is 630. The largest absolute Gasteiger partial charge is 0.481 e. The van der Waals surface area contributed by atoms with Gasteiger partial charge in [0, 0.05) is 11.8 Å². The van der Waals surface area contributed by atoms with E-state index in [4.69, 9.17) is 5.11 Å². The summed E-state index contributed by atoms with van der Waals surface area (Å²) in [5, 5.41) is 8.63. The van der Waals surface area contributed by atoms with Gasteiger partial charge in [-0.3, -0.25) is 4.79 Å². The molecule has 2 rings (SSSR count). The zero-order valence-corrected chi connectivity index (χ0v) is 9.51. The molecule has 1 heterocycles.